The van der Waals surface area contributed by atoms with Crippen molar-refractivity contribution in [3.05, 3.63) is 0 Å². The molecular formula is C15H31NO3. The number of nitrogens with one attached hydrogen (secondary N) is 1. The molecule has 4 heteroatoms. The van der Waals surface area contributed by atoms with Gasteiger partial charge in [0.2, 0.25) is 0 Å². The number of esters is 1. The van der Waals surface area contributed by atoms with Crippen LogP contribution in [0.4, 0.5) is 0 Å². The molecule has 4 nitrogen and oxygen atoms in total. The van der Waals surface area contributed by atoms with E-state index in [0.29, 0.717) is 19.6 Å². The van der Waals surface area contributed by atoms with Gasteiger partial charge in [-0.05, 0) is 32.7 Å². The molecule has 114 valence electrons. The van der Waals surface area contributed by atoms with Gasteiger partial charge in [0.15, 0.2) is 0 Å². The van der Waals surface area contributed by atoms with Gasteiger partial charge in [-0.1, -0.05) is 33.1 Å². The maximum Gasteiger partial charge on any atom is 0.323 e. The van der Waals surface area contributed by atoms with Crippen LogP contribution in [0.1, 0.15) is 59.3 Å². The molecule has 1 unspecified atom stereocenters. The molecule has 0 heterocycles. The van der Waals surface area contributed by atoms with Gasteiger partial charge in [-0.3, -0.25) is 4.79 Å². The Morgan fingerprint density at radius 3 is 2.47 bits per heavy atom. The Labute approximate surface area is 118 Å². The summed E-state index contributed by atoms with van der Waals surface area (Å²) in [6.45, 7) is 8.79. The van der Waals surface area contributed by atoms with Crippen LogP contribution in [-0.2, 0) is 14.3 Å². The van der Waals surface area contributed by atoms with Crippen LogP contribution < -0.4 is 5.32 Å². The topological polar surface area (TPSA) is 47.6 Å². The zero-order valence-electron chi connectivity index (χ0n) is 12.9. The fraction of sp³-hybridized carbons (Fsp3) is 0.933. The van der Waals surface area contributed by atoms with Gasteiger partial charge in [0.1, 0.15) is 6.04 Å². The maximum absolute atomic E-state index is 11.7. The zero-order chi connectivity index (χ0) is 14.3. The molecule has 0 aromatic heterocycles. The molecular weight excluding hydrogens is 242 g/mol. The van der Waals surface area contributed by atoms with Crippen LogP contribution in [0.2, 0.25) is 0 Å². The number of ether oxygens (including phenoxy) is 2. The lowest BCUT2D eigenvalue weighted by atomic mass is 10.2. The SMILES string of the molecule is CCCCCCOCCC(NCCC)C(=O)OCC. The minimum atomic E-state index is -0.226. The third-order valence-electron chi connectivity index (χ3n) is 2.90. The minimum absolute atomic E-state index is 0.162. The highest BCUT2D eigenvalue weighted by atomic mass is 16.5. The molecule has 0 amide bonds. The predicted octanol–water partition coefficient (Wildman–Crippen LogP) is 2.90. The monoisotopic (exact) mass is 273 g/mol. The number of hydrogen-bond acceptors (Lipinski definition) is 4. The van der Waals surface area contributed by atoms with Crippen LogP contribution >= 0.6 is 0 Å². The van der Waals surface area contributed by atoms with Crippen molar-refractivity contribution < 1.29 is 14.3 Å². The quantitative estimate of drug-likeness (QED) is 0.414. The highest BCUT2D eigenvalue weighted by Crippen LogP contribution is 2.01. The number of hydrogen-bond donors (Lipinski definition) is 1. The Morgan fingerprint density at radius 2 is 1.84 bits per heavy atom. The van der Waals surface area contributed by atoms with E-state index in [4.69, 9.17) is 9.47 Å². The van der Waals surface area contributed by atoms with Crippen molar-refractivity contribution in [2.75, 3.05) is 26.4 Å². The molecule has 0 aliphatic carbocycles. The van der Waals surface area contributed by atoms with Crippen LogP contribution in [0.5, 0.6) is 0 Å². The lowest BCUT2D eigenvalue weighted by Gasteiger charge is -2.16. The number of carbonyl (C=O) groups is 1. The van der Waals surface area contributed by atoms with Crippen LogP contribution in [0, 0.1) is 0 Å². The van der Waals surface area contributed by atoms with Crippen LogP contribution in [0.25, 0.3) is 0 Å². The average Bonchev–Trinajstić information content (AvgIpc) is 2.41. The Morgan fingerprint density at radius 1 is 1.05 bits per heavy atom. The zero-order valence-corrected chi connectivity index (χ0v) is 12.9. The van der Waals surface area contributed by atoms with E-state index < -0.39 is 0 Å². The van der Waals surface area contributed by atoms with Crippen LogP contribution in [-0.4, -0.2) is 38.4 Å². The molecule has 0 saturated heterocycles. The predicted molar refractivity (Wildman–Crippen MR) is 78.3 cm³/mol. The first-order valence-electron chi connectivity index (χ1n) is 7.73. The average molecular weight is 273 g/mol. The maximum atomic E-state index is 11.7. The summed E-state index contributed by atoms with van der Waals surface area (Å²) < 4.78 is 10.6. The van der Waals surface area contributed by atoms with Crippen LogP contribution in [0.3, 0.4) is 0 Å². The lowest BCUT2D eigenvalue weighted by molar-refractivity contribution is -0.146. The normalized spacial score (nSPS) is 12.4. The van der Waals surface area contributed by atoms with Gasteiger partial charge < -0.3 is 14.8 Å². The second kappa shape index (κ2) is 13.8. The Bertz CT molecular complexity index is 210. The van der Waals surface area contributed by atoms with Crippen molar-refractivity contribution in [3.63, 3.8) is 0 Å². The summed E-state index contributed by atoms with van der Waals surface area (Å²) in [6, 6.07) is -0.226. The molecule has 1 N–H and O–H groups in total. The van der Waals surface area contributed by atoms with Crippen molar-refractivity contribution in [1.82, 2.24) is 5.32 Å². The van der Waals surface area contributed by atoms with E-state index in [-0.39, 0.29) is 12.0 Å². The molecule has 0 radical (unpaired) electrons. The highest BCUT2D eigenvalue weighted by molar-refractivity contribution is 5.75. The van der Waals surface area contributed by atoms with E-state index in [1.54, 1.807) is 0 Å². The first-order chi connectivity index (χ1) is 9.26. The molecule has 1 atom stereocenters. The van der Waals surface area contributed by atoms with Gasteiger partial charge >= 0.3 is 5.97 Å². The van der Waals surface area contributed by atoms with Gasteiger partial charge in [0, 0.05) is 13.2 Å². The first kappa shape index (κ1) is 18.4. The van der Waals surface area contributed by atoms with Crippen molar-refractivity contribution >= 4 is 5.97 Å². The van der Waals surface area contributed by atoms with Gasteiger partial charge in [0.05, 0.1) is 6.61 Å². The summed E-state index contributed by atoms with van der Waals surface area (Å²) in [5.74, 6) is -0.162. The second-order valence-electron chi connectivity index (χ2n) is 4.72. The van der Waals surface area contributed by atoms with Crippen molar-refractivity contribution in [2.45, 2.75) is 65.3 Å². The molecule has 0 saturated carbocycles. The molecule has 0 aliphatic rings. The third-order valence-corrected chi connectivity index (χ3v) is 2.90. The molecule has 0 fully saturated rings. The van der Waals surface area contributed by atoms with E-state index in [1.807, 2.05) is 6.92 Å². The molecule has 0 aromatic carbocycles. The Balaban J connectivity index is 3.70. The summed E-state index contributed by atoms with van der Waals surface area (Å²) in [4.78, 5) is 11.7. The van der Waals surface area contributed by atoms with E-state index in [2.05, 4.69) is 19.2 Å². The molecule has 0 aromatic rings. The number of carbonyl (C=O) groups excluding carboxylic acids is 1. The molecule has 0 rings (SSSR count). The van der Waals surface area contributed by atoms with Crippen LogP contribution in [0.15, 0.2) is 0 Å². The summed E-state index contributed by atoms with van der Waals surface area (Å²) in [5.41, 5.74) is 0. The third kappa shape index (κ3) is 11.0. The van der Waals surface area contributed by atoms with E-state index >= 15 is 0 Å². The fourth-order valence-corrected chi connectivity index (χ4v) is 1.80. The standard InChI is InChI=1S/C15H31NO3/c1-4-7-8-9-12-18-13-10-14(16-11-5-2)15(17)19-6-3/h14,16H,4-13H2,1-3H3. The van der Waals surface area contributed by atoms with Gasteiger partial charge in [0.25, 0.3) is 0 Å². The summed E-state index contributed by atoms with van der Waals surface area (Å²) in [5, 5.41) is 3.21. The minimum Gasteiger partial charge on any atom is -0.465 e. The van der Waals surface area contributed by atoms with E-state index in [9.17, 15) is 4.79 Å². The Kier molecular flexibility index (Phi) is 13.4. The smallest absolute Gasteiger partial charge is 0.323 e. The summed E-state index contributed by atoms with van der Waals surface area (Å²) >= 11 is 0. The fourth-order valence-electron chi connectivity index (χ4n) is 1.80. The lowest BCUT2D eigenvalue weighted by Crippen LogP contribution is -2.39. The van der Waals surface area contributed by atoms with E-state index in [1.165, 1.54) is 19.3 Å². The molecule has 0 spiro atoms. The van der Waals surface area contributed by atoms with E-state index in [0.717, 1.165) is 26.0 Å². The van der Waals surface area contributed by atoms with Crippen molar-refractivity contribution in [3.8, 4) is 0 Å². The second-order valence-corrected chi connectivity index (χ2v) is 4.72. The highest BCUT2D eigenvalue weighted by Gasteiger charge is 2.18. The van der Waals surface area contributed by atoms with Crippen molar-refractivity contribution in [2.24, 2.45) is 0 Å². The van der Waals surface area contributed by atoms with Gasteiger partial charge in [-0.25, -0.2) is 0 Å². The number of unbranched alkanes of at least 4 members (excludes halogenated alkanes) is 3. The Hall–Kier alpha value is -0.610. The summed E-state index contributed by atoms with van der Waals surface area (Å²) in [7, 11) is 0. The molecule has 0 bridgehead atoms. The molecule has 0 aliphatic heterocycles. The first-order valence-corrected chi connectivity index (χ1v) is 7.73. The summed E-state index contributed by atoms with van der Waals surface area (Å²) in [6.07, 6.45) is 6.55. The largest absolute Gasteiger partial charge is 0.465 e. The van der Waals surface area contributed by atoms with Crippen molar-refractivity contribution in [1.29, 1.82) is 0 Å². The molecule has 19 heavy (non-hydrogen) atoms. The van der Waals surface area contributed by atoms with Gasteiger partial charge in [-0.15, -0.1) is 0 Å². The number of rotatable bonds is 13. The van der Waals surface area contributed by atoms with Gasteiger partial charge in [-0.2, -0.15) is 0 Å².